The van der Waals surface area contributed by atoms with E-state index >= 15 is 0 Å². The quantitative estimate of drug-likeness (QED) is 0.824. The topological polar surface area (TPSA) is 47.7 Å². The predicted octanol–water partition coefficient (Wildman–Crippen LogP) is 1.93. The first-order valence-electron chi connectivity index (χ1n) is 5.87. The largest absolute Gasteiger partial charge is 0.496 e. The third-order valence-electron chi connectivity index (χ3n) is 2.97. The molecule has 102 valence electrons. The zero-order valence-corrected chi connectivity index (χ0v) is 11.9. The van der Waals surface area contributed by atoms with Crippen molar-refractivity contribution in [2.75, 3.05) is 41.0 Å². The van der Waals surface area contributed by atoms with Gasteiger partial charge in [0.25, 0.3) is 0 Å². The van der Waals surface area contributed by atoms with E-state index in [1.807, 2.05) is 25.2 Å². The molecule has 0 aromatic heterocycles. The zero-order valence-electron chi connectivity index (χ0n) is 11.1. The minimum atomic E-state index is 0.0174. The molecule has 0 amide bonds. The molecule has 0 saturated carbocycles. The molecule has 0 aliphatic carbocycles. The summed E-state index contributed by atoms with van der Waals surface area (Å²) in [6.07, 6.45) is 0. The molecule has 1 aromatic carbocycles. The van der Waals surface area contributed by atoms with Gasteiger partial charge in [-0.05, 0) is 19.2 Å². The maximum absolute atomic E-state index is 6.27. The van der Waals surface area contributed by atoms with Crippen molar-refractivity contribution in [3.05, 3.63) is 28.8 Å². The zero-order chi connectivity index (χ0) is 13.5. The molecule has 4 nitrogen and oxygen atoms in total. The maximum Gasteiger partial charge on any atom is 0.125 e. The minimum absolute atomic E-state index is 0.0174. The molecule has 0 aliphatic rings. The molecule has 18 heavy (non-hydrogen) atoms. The lowest BCUT2D eigenvalue weighted by molar-refractivity contribution is 0.139. The number of benzene rings is 1. The van der Waals surface area contributed by atoms with Crippen LogP contribution < -0.4 is 10.5 Å². The molecular formula is C13H21ClN2O2. The molecule has 2 N–H and O–H groups in total. The Morgan fingerprint density at radius 3 is 2.67 bits per heavy atom. The molecule has 0 saturated heterocycles. The molecular weight excluding hydrogens is 252 g/mol. The van der Waals surface area contributed by atoms with Crippen LogP contribution in [-0.2, 0) is 4.74 Å². The maximum atomic E-state index is 6.27. The van der Waals surface area contributed by atoms with Crippen LogP contribution in [0.25, 0.3) is 0 Å². The number of nitrogens with two attached hydrogens (primary N) is 1. The van der Waals surface area contributed by atoms with Crippen LogP contribution >= 0.6 is 11.6 Å². The Hall–Kier alpha value is -0.810. The fraction of sp³-hybridized carbons (Fsp3) is 0.538. The number of ether oxygens (including phenoxy) is 2. The molecule has 5 heteroatoms. The van der Waals surface area contributed by atoms with Crippen molar-refractivity contribution in [2.24, 2.45) is 5.73 Å². The van der Waals surface area contributed by atoms with E-state index in [2.05, 4.69) is 4.90 Å². The molecule has 0 radical (unpaired) electrons. The first kappa shape index (κ1) is 15.2. The van der Waals surface area contributed by atoms with Crippen molar-refractivity contribution in [2.45, 2.75) is 6.04 Å². The average Bonchev–Trinajstić information content (AvgIpc) is 2.38. The molecule has 0 heterocycles. The van der Waals surface area contributed by atoms with Gasteiger partial charge in [-0.2, -0.15) is 0 Å². The number of hydrogen-bond donors (Lipinski definition) is 1. The van der Waals surface area contributed by atoms with Crippen molar-refractivity contribution >= 4 is 11.6 Å². The number of likely N-dealkylation sites (N-methyl/N-ethyl adjacent to an activating group) is 1. The van der Waals surface area contributed by atoms with Gasteiger partial charge in [0.1, 0.15) is 5.75 Å². The van der Waals surface area contributed by atoms with Crippen molar-refractivity contribution < 1.29 is 9.47 Å². The first-order valence-corrected chi connectivity index (χ1v) is 6.25. The van der Waals surface area contributed by atoms with Crippen molar-refractivity contribution in [1.82, 2.24) is 4.90 Å². The van der Waals surface area contributed by atoms with E-state index in [9.17, 15) is 0 Å². The Morgan fingerprint density at radius 1 is 1.39 bits per heavy atom. The van der Waals surface area contributed by atoms with Crippen LogP contribution in [0.2, 0.25) is 5.02 Å². The van der Waals surface area contributed by atoms with E-state index in [1.165, 1.54) is 0 Å². The predicted molar refractivity (Wildman–Crippen MR) is 74.3 cm³/mol. The van der Waals surface area contributed by atoms with Crippen molar-refractivity contribution in [3.63, 3.8) is 0 Å². The Kier molecular flexibility index (Phi) is 6.43. The van der Waals surface area contributed by atoms with E-state index < -0.39 is 0 Å². The van der Waals surface area contributed by atoms with Gasteiger partial charge in [0, 0.05) is 30.8 Å². The summed E-state index contributed by atoms with van der Waals surface area (Å²) in [5.74, 6) is 0.766. The molecule has 0 aliphatic heterocycles. The van der Waals surface area contributed by atoms with Gasteiger partial charge in [0.05, 0.1) is 19.8 Å². The van der Waals surface area contributed by atoms with Crippen LogP contribution in [-0.4, -0.2) is 45.9 Å². The van der Waals surface area contributed by atoms with E-state index in [1.54, 1.807) is 14.2 Å². The summed E-state index contributed by atoms with van der Waals surface area (Å²) in [6, 6.07) is 5.64. The first-order chi connectivity index (χ1) is 8.65. The van der Waals surface area contributed by atoms with Crippen LogP contribution in [0.5, 0.6) is 5.75 Å². The minimum Gasteiger partial charge on any atom is -0.496 e. The lowest BCUT2D eigenvalue weighted by Crippen LogP contribution is -2.33. The Morgan fingerprint density at radius 2 is 2.11 bits per heavy atom. The standard InChI is InChI=1S/C13H21ClN2O2/c1-16(7-8-17-2)11(9-15)13-10(14)5-4-6-12(13)18-3/h4-6,11H,7-9,15H2,1-3H3. The highest BCUT2D eigenvalue weighted by Gasteiger charge is 2.21. The van der Waals surface area contributed by atoms with E-state index in [4.69, 9.17) is 26.8 Å². The van der Waals surface area contributed by atoms with Crippen LogP contribution in [0.4, 0.5) is 0 Å². The smallest absolute Gasteiger partial charge is 0.125 e. The molecule has 0 bridgehead atoms. The Bertz CT molecular complexity index is 374. The fourth-order valence-electron chi connectivity index (χ4n) is 1.93. The van der Waals surface area contributed by atoms with Gasteiger partial charge < -0.3 is 15.2 Å². The monoisotopic (exact) mass is 272 g/mol. The van der Waals surface area contributed by atoms with E-state index in [0.717, 1.165) is 17.9 Å². The second-order valence-electron chi connectivity index (χ2n) is 4.08. The lowest BCUT2D eigenvalue weighted by atomic mass is 10.0. The van der Waals surface area contributed by atoms with Crippen molar-refractivity contribution in [1.29, 1.82) is 0 Å². The van der Waals surface area contributed by atoms with Gasteiger partial charge in [-0.3, -0.25) is 4.90 Å². The second-order valence-corrected chi connectivity index (χ2v) is 4.49. The number of rotatable bonds is 7. The number of halogens is 1. The molecule has 1 aromatic rings. The van der Waals surface area contributed by atoms with Gasteiger partial charge in [-0.25, -0.2) is 0 Å². The van der Waals surface area contributed by atoms with Crippen LogP contribution in [0.15, 0.2) is 18.2 Å². The van der Waals surface area contributed by atoms with Gasteiger partial charge in [0.2, 0.25) is 0 Å². The third kappa shape index (κ3) is 3.59. The highest BCUT2D eigenvalue weighted by atomic mass is 35.5. The number of hydrogen-bond acceptors (Lipinski definition) is 4. The Balaban J connectivity index is 3.00. The van der Waals surface area contributed by atoms with Gasteiger partial charge in [-0.1, -0.05) is 17.7 Å². The van der Waals surface area contributed by atoms with Crippen LogP contribution in [0, 0.1) is 0 Å². The summed E-state index contributed by atoms with van der Waals surface area (Å²) in [4.78, 5) is 2.12. The summed E-state index contributed by atoms with van der Waals surface area (Å²) in [6.45, 7) is 1.91. The normalized spacial score (nSPS) is 12.8. The average molecular weight is 273 g/mol. The molecule has 1 atom stereocenters. The van der Waals surface area contributed by atoms with E-state index in [0.29, 0.717) is 18.2 Å². The summed E-state index contributed by atoms with van der Waals surface area (Å²) in [5.41, 5.74) is 6.81. The molecule has 0 fully saturated rings. The molecule has 1 rings (SSSR count). The summed E-state index contributed by atoms with van der Waals surface area (Å²) in [7, 11) is 5.32. The van der Waals surface area contributed by atoms with Gasteiger partial charge in [0.15, 0.2) is 0 Å². The Labute approximate surface area is 114 Å². The van der Waals surface area contributed by atoms with Crippen molar-refractivity contribution in [3.8, 4) is 5.75 Å². The van der Waals surface area contributed by atoms with Gasteiger partial charge >= 0.3 is 0 Å². The van der Waals surface area contributed by atoms with Crippen LogP contribution in [0.1, 0.15) is 11.6 Å². The highest BCUT2D eigenvalue weighted by molar-refractivity contribution is 6.31. The fourth-order valence-corrected chi connectivity index (χ4v) is 2.22. The summed E-state index contributed by atoms with van der Waals surface area (Å²) >= 11 is 6.27. The number of nitrogens with zero attached hydrogens (tertiary/aromatic N) is 1. The lowest BCUT2D eigenvalue weighted by Gasteiger charge is -2.29. The highest BCUT2D eigenvalue weighted by Crippen LogP contribution is 2.34. The third-order valence-corrected chi connectivity index (χ3v) is 3.30. The number of methoxy groups -OCH3 is 2. The SMILES string of the molecule is COCCN(C)C(CN)c1c(Cl)cccc1OC. The molecule has 1 unspecified atom stereocenters. The summed E-state index contributed by atoms with van der Waals surface area (Å²) < 4.78 is 10.4. The van der Waals surface area contributed by atoms with E-state index in [-0.39, 0.29) is 6.04 Å². The van der Waals surface area contributed by atoms with Crippen LogP contribution in [0.3, 0.4) is 0 Å². The van der Waals surface area contributed by atoms with Gasteiger partial charge in [-0.15, -0.1) is 0 Å². The molecule has 0 spiro atoms. The summed E-state index contributed by atoms with van der Waals surface area (Å²) in [5, 5.41) is 0.675. The second kappa shape index (κ2) is 7.59.